The molecule has 0 radical (unpaired) electrons. The Morgan fingerprint density at radius 1 is 1.41 bits per heavy atom. The summed E-state index contributed by atoms with van der Waals surface area (Å²) >= 11 is 0. The summed E-state index contributed by atoms with van der Waals surface area (Å²) in [6.45, 7) is 7.49. The molecule has 96 valence electrons. The number of nitrogens with zero attached hydrogens (tertiary/aromatic N) is 2. The number of aromatic nitrogens is 1. The Morgan fingerprint density at radius 3 is 2.82 bits per heavy atom. The van der Waals surface area contributed by atoms with E-state index in [0.717, 1.165) is 25.5 Å². The number of ether oxygens (including phenoxy) is 1. The summed E-state index contributed by atoms with van der Waals surface area (Å²) in [5, 5.41) is 3.25. The molecule has 0 fully saturated rings. The average Bonchev–Trinajstić information content (AvgIpc) is 2.33. The molecule has 0 unspecified atom stereocenters. The quantitative estimate of drug-likeness (QED) is 0.752. The van der Waals surface area contributed by atoms with Crippen molar-refractivity contribution < 1.29 is 4.74 Å². The first-order valence-corrected chi connectivity index (χ1v) is 5.99. The summed E-state index contributed by atoms with van der Waals surface area (Å²) in [6, 6.07) is 3.67. The highest BCUT2D eigenvalue weighted by Crippen LogP contribution is 2.20. The standard InChI is InChI=1S/C12H22N4O/c1-4-16(3)9-8-14-11-7-6-10(13)12(15-11)17-5-2/h6-7H,4-5,8-9,13H2,1-3H3,(H,14,15). The molecule has 0 aromatic carbocycles. The molecule has 1 aromatic rings. The van der Waals surface area contributed by atoms with Crippen molar-refractivity contribution in [3.05, 3.63) is 12.1 Å². The van der Waals surface area contributed by atoms with Gasteiger partial charge in [0.05, 0.1) is 12.3 Å². The van der Waals surface area contributed by atoms with E-state index >= 15 is 0 Å². The summed E-state index contributed by atoms with van der Waals surface area (Å²) in [4.78, 5) is 6.54. The van der Waals surface area contributed by atoms with Crippen molar-refractivity contribution in [3.63, 3.8) is 0 Å². The molecule has 0 bridgehead atoms. The molecule has 1 heterocycles. The van der Waals surface area contributed by atoms with Gasteiger partial charge in [0.1, 0.15) is 5.82 Å². The summed E-state index contributed by atoms with van der Waals surface area (Å²) in [5.41, 5.74) is 6.32. The van der Waals surface area contributed by atoms with E-state index in [9.17, 15) is 0 Å². The number of nitrogens with two attached hydrogens (primary N) is 1. The summed E-state index contributed by atoms with van der Waals surface area (Å²) in [6.07, 6.45) is 0. The number of pyridine rings is 1. The van der Waals surface area contributed by atoms with Gasteiger partial charge in [0.15, 0.2) is 0 Å². The second kappa shape index (κ2) is 6.96. The Labute approximate surface area is 103 Å². The van der Waals surface area contributed by atoms with Crippen molar-refractivity contribution in [1.82, 2.24) is 9.88 Å². The fraction of sp³-hybridized carbons (Fsp3) is 0.583. The van der Waals surface area contributed by atoms with E-state index in [0.29, 0.717) is 18.2 Å². The molecule has 0 saturated heterocycles. The number of anilines is 2. The Morgan fingerprint density at radius 2 is 2.18 bits per heavy atom. The van der Waals surface area contributed by atoms with Crippen LogP contribution < -0.4 is 15.8 Å². The predicted octanol–water partition coefficient (Wildman–Crippen LogP) is 1.43. The smallest absolute Gasteiger partial charge is 0.239 e. The zero-order valence-electron chi connectivity index (χ0n) is 10.9. The molecular weight excluding hydrogens is 216 g/mol. The molecule has 1 rings (SSSR count). The molecule has 0 saturated carbocycles. The molecule has 17 heavy (non-hydrogen) atoms. The van der Waals surface area contributed by atoms with E-state index in [1.165, 1.54) is 0 Å². The van der Waals surface area contributed by atoms with E-state index in [2.05, 4.69) is 29.2 Å². The monoisotopic (exact) mass is 238 g/mol. The second-order valence-corrected chi connectivity index (χ2v) is 3.85. The zero-order chi connectivity index (χ0) is 12.7. The van der Waals surface area contributed by atoms with Gasteiger partial charge in [-0.15, -0.1) is 0 Å². The third-order valence-corrected chi connectivity index (χ3v) is 2.51. The minimum atomic E-state index is 0.501. The lowest BCUT2D eigenvalue weighted by Crippen LogP contribution is -2.24. The lowest BCUT2D eigenvalue weighted by atomic mass is 10.4. The molecule has 0 spiro atoms. The third-order valence-electron chi connectivity index (χ3n) is 2.51. The maximum Gasteiger partial charge on any atom is 0.239 e. The number of rotatable bonds is 7. The summed E-state index contributed by atoms with van der Waals surface area (Å²) in [5.74, 6) is 1.30. The van der Waals surface area contributed by atoms with Crippen molar-refractivity contribution in [2.45, 2.75) is 13.8 Å². The van der Waals surface area contributed by atoms with Crippen molar-refractivity contribution in [2.24, 2.45) is 0 Å². The Bertz CT molecular complexity index is 343. The van der Waals surface area contributed by atoms with Crippen LogP contribution in [0.15, 0.2) is 12.1 Å². The molecular formula is C12H22N4O. The van der Waals surface area contributed by atoms with E-state index in [-0.39, 0.29) is 0 Å². The molecule has 0 aliphatic rings. The molecule has 3 N–H and O–H groups in total. The highest BCUT2D eigenvalue weighted by molar-refractivity contribution is 5.53. The van der Waals surface area contributed by atoms with Crippen LogP contribution in [-0.2, 0) is 0 Å². The van der Waals surface area contributed by atoms with Gasteiger partial charge in [-0.25, -0.2) is 0 Å². The van der Waals surface area contributed by atoms with Crippen molar-refractivity contribution >= 4 is 11.5 Å². The van der Waals surface area contributed by atoms with Crippen molar-refractivity contribution in [2.75, 3.05) is 44.3 Å². The molecule has 1 aromatic heterocycles. The van der Waals surface area contributed by atoms with E-state index in [1.807, 2.05) is 19.1 Å². The van der Waals surface area contributed by atoms with Gasteiger partial charge in [0.25, 0.3) is 0 Å². The van der Waals surface area contributed by atoms with E-state index in [1.54, 1.807) is 0 Å². The van der Waals surface area contributed by atoms with E-state index in [4.69, 9.17) is 10.5 Å². The second-order valence-electron chi connectivity index (χ2n) is 3.85. The van der Waals surface area contributed by atoms with Gasteiger partial charge in [-0.2, -0.15) is 4.98 Å². The van der Waals surface area contributed by atoms with Crippen LogP contribution in [0.1, 0.15) is 13.8 Å². The van der Waals surface area contributed by atoms with Crippen molar-refractivity contribution in [1.29, 1.82) is 0 Å². The molecule has 0 atom stereocenters. The van der Waals surface area contributed by atoms with Crippen LogP contribution >= 0.6 is 0 Å². The number of hydrogen-bond acceptors (Lipinski definition) is 5. The van der Waals surface area contributed by atoms with Crippen LogP contribution in [-0.4, -0.2) is 43.2 Å². The van der Waals surface area contributed by atoms with Crippen molar-refractivity contribution in [3.8, 4) is 5.88 Å². The highest BCUT2D eigenvalue weighted by Gasteiger charge is 2.03. The number of hydrogen-bond donors (Lipinski definition) is 2. The molecule has 0 aliphatic carbocycles. The molecule has 0 aliphatic heterocycles. The van der Waals surface area contributed by atoms with Gasteiger partial charge >= 0.3 is 0 Å². The van der Waals surface area contributed by atoms with Gasteiger partial charge in [0.2, 0.25) is 5.88 Å². The van der Waals surface area contributed by atoms with Gasteiger partial charge in [0, 0.05) is 13.1 Å². The lowest BCUT2D eigenvalue weighted by molar-refractivity contribution is 0.329. The van der Waals surface area contributed by atoms with Gasteiger partial charge in [-0.3, -0.25) is 0 Å². The van der Waals surface area contributed by atoms with Crippen LogP contribution in [0.25, 0.3) is 0 Å². The van der Waals surface area contributed by atoms with Crippen LogP contribution in [0.4, 0.5) is 11.5 Å². The van der Waals surface area contributed by atoms with Crippen LogP contribution in [0.3, 0.4) is 0 Å². The number of likely N-dealkylation sites (N-methyl/N-ethyl adjacent to an activating group) is 1. The van der Waals surface area contributed by atoms with Gasteiger partial charge < -0.3 is 20.7 Å². The predicted molar refractivity (Wildman–Crippen MR) is 71.5 cm³/mol. The first-order valence-electron chi connectivity index (χ1n) is 5.99. The third kappa shape index (κ3) is 4.48. The maximum atomic E-state index is 5.75. The largest absolute Gasteiger partial charge is 0.476 e. The van der Waals surface area contributed by atoms with Crippen LogP contribution in [0.5, 0.6) is 5.88 Å². The number of nitrogens with one attached hydrogen (secondary N) is 1. The Kier molecular flexibility index (Phi) is 5.56. The SMILES string of the molecule is CCOc1nc(NCCN(C)CC)ccc1N. The fourth-order valence-corrected chi connectivity index (χ4v) is 1.33. The van der Waals surface area contributed by atoms with Crippen LogP contribution in [0.2, 0.25) is 0 Å². The van der Waals surface area contributed by atoms with E-state index < -0.39 is 0 Å². The highest BCUT2D eigenvalue weighted by atomic mass is 16.5. The first kappa shape index (κ1) is 13.6. The normalized spacial score (nSPS) is 10.6. The molecule has 5 heteroatoms. The minimum Gasteiger partial charge on any atom is -0.476 e. The summed E-state index contributed by atoms with van der Waals surface area (Å²) < 4.78 is 5.34. The Balaban J connectivity index is 2.51. The Hall–Kier alpha value is -1.49. The topological polar surface area (TPSA) is 63.4 Å². The fourth-order valence-electron chi connectivity index (χ4n) is 1.33. The molecule has 5 nitrogen and oxygen atoms in total. The maximum absolute atomic E-state index is 5.75. The van der Waals surface area contributed by atoms with Gasteiger partial charge in [-0.1, -0.05) is 6.92 Å². The summed E-state index contributed by atoms with van der Waals surface area (Å²) in [7, 11) is 2.09. The zero-order valence-corrected chi connectivity index (χ0v) is 10.9. The molecule has 0 amide bonds. The van der Waals surface area contributed by atoms with Gasteiger partial charge in [-0.05, 0) is 32.6 Å². The average molecular weight is 238 g/mol. The van der Waals surface area contributed by atoms with Crippen LogP contribution in [0, 0.1) is 0 Å². The lowest BCUT2D eigenvalue weighted by Gasteiger charge is -2.15. The number of nitrogen functional groups attached to an aromatic ring is 1. The minimum absolute atomic E-state index is 0.501. The first-order chi connectivity index (χ1) is 8.17.